The highest BCUT2D eigenvalue weighted by molar-refractivity contribution is 7.99. The Balaban J connectivity index is 1.76. The molecule has 5 rings (SSSR count). The van der Waals surface area contributed by atoms with Gasteiger partial charge in [-0.05, 0) is 42.0 Å². The largest absolute Gasteiger partial charge is 0.505 e. The molecule has 0 bridgehead atoms. The third-order valence-corrected chi connectivity index (χ3v) is 6.58. The zero-order valence-corrected chi connectivity index (χ0v) is 19.4. The first kappa shape index (κ1) is 24.4. The van der Waals surface area contributed by atoms with Crippen molar-refractivity contribution in [3.8, 4) is 22.7 Å². The Morgan fingerprint density at radius 2 is 1.59 bits per heavy atom. The monoisotopic (exact) mass is 525 g/mol. The Bertz CT molecular complexity index is 1760. The van der Waals surface area contributed by atoms with E-state index >= 15 is 0 Å². The second kappa shape index (κ2) is 9.29. The summed E-state index contributed by atoms with van der Waals surface area (Å²) < 4.78 is 60.0. The second-order valence-corrected chi connectivity index (χ2v) is 9.03. The molecule has 10 heteroatoms. The van der Waals surface area contributed by atoms with Gasteiger partial charge in [0, 0.05) is 11.0 Å². The van der Waals surface area contributed by atoms with Crippen LogP contribution in [0.5, 0.6) is 5.75 Å². The third-order valence-electron chi connectivity index (χ3n) is 5.53. The molecule has 0 amide bonds. The number of rotatable bonds is 4. The van der Waals surface area contributed by atoms with Crippen molar-refractivity contribution in [2.75, 3.05) is 0 Å². The lowest BCUT2D eigenvalue weighted by Crippen LogP contribution is -2.22. The van der Waals surface area contributed by atoms with E-state index in [2.05, 4.69) is 0 Å². The number of benzene rings is 3. The molecule has 5 aromatic rings. The minimum atomic E-state index is -4.61. The molecule has 0 saturated heterocycles. The van der Waals surface area contributed by atoms with Gasteiger partial charge >= 0.3 is 11.8 Å². The van der Waals surface area contributed by atoms with Gasteiger partial charge in [0.25, 0.3) is 5.56 Å². The van der Waals surface area contributed by atoms with E-state index in [-0.39, 0.29) is 27.2 Å². The fraction of sp³-hybridized carbons (Fsp3) is 0.0370. The quantitative estimate of drug-likeness (QED) is 0.267. The molecule has 0 atom stereocenters. The molecule has 0 saturated carbocycles. The van der Waals surface area contributed by atoms with Crippen molar-refractivity contribution in [2.24, 2.45) is 0 Å². The standard InChI is InChI=1S/C27H15F4NO4S/c28-17-9-5-10-18(13-17)32-20(15-6-2-1-3-7-15)14-21-22(25(32)34)23(33)24(26(35)36-21)37-19-11-4-8-16(12-19)27(29,30)31/h1-14,33H. The third kappa shape index (κ3) is 4.63. The van der Waals surface area contributed by atoms with Crippen molar-refractivity contribution in [1.29, 1.82) is 0 Å². The molecule has 3 aromatic carbocycles. The van der Waals surface area contributed by atoms with Gasteiger partial charge in [0.2, 0.25) is 0 Å². The molecule has 186 valence electrons. The van der Waals surface area contributed by atoms with Gasteiger partial charge in [-0.25, -0.2) is 9.18 Å². The summed E-state index contributed by atoms with van der Waals surface area (Å²) in [7, 11) is 0. The number of hydrogen-bond acceptors (Lipinski definition) is 5. The molecule has 2 heterocycles. The number of halogens is 4. The van der Waals surface area contributed by atoms with Crippen LogP contribution in [0.15, 0.2) is 109 Å². The van der Waals surface area contributed by atoms with Crippen LogP contribution in [0.4, 0.5) is 17.6 Å². The average molecular weight is 525 g/mol. The molecule has 37 heavy (non-hydrogen) atoms. The van der Waals surface area contributed by atoms with Crippen molar-refractivity contribution in [3.63, 3.8) is 0 Å². The molecule has 1 N–H and O–H groups in total. The highest BCUT2D eigenvalue weighted by atomic mass is 32.2. The van der Waals surface area contributed by atoms with E-state index in [1.54, 1.807) is 30.3 Å². The normalized spacial score (nSPS) is 11.7. The summed E-state index contributed by atoms with van der Waals surface area (Å²) in [6.45, 7) is 0. The summed E-state index contributed by atoms with van der Waals surface area (Å²) in [6.07, 6.45) is -4.61. The summed E-state index contributed by atoms with van der Waals surface area (Å²) in [4.78, 5) is 26.0. The van der Waals surface area contributed by atoms with E-state index in [0.29, 0.717) is 17.3 Å². The van der Waals surface area contributed by atoms with Crippen LogP contribution >= 0.6 is 11.8 Å². The molecule has 0 spiro atoms. The molecule has 0 unspecified atom stereocenters. The molecular formula is C27H15F4NO4S. The van der Waals surface area contributed by atoms with E-state index in [1.807, 2.05) is 0 Å². The summed E-state index contributed by atoms with van der Waals surface area (Å²) in [6, 6.07) is 19.4. The highest BCUT2D eigenvalue weighted by Crippen LogP contribution is 2.38. The van der Waals surface area contributed by atoms with Crippen molar-refractivity contribution in [1.82, 2.24) is 4.57 Å². The van der Waals surface area contributed by atoms with Crippen molar-refractivity contribution in [2.45, 2.75) is 16.0 Å². The van der Waals surface area contributed by atoms with Crippen LogP contribution in [0.3, 0.4) is 0 Å². The van der Waals surface area contributed by atoms with Gasteiger partial charge in [0.05, 0.1) is 16.9 Å². The van der Waals surface area contributed by atoms with Gasteiger partial charge in [0.1, 0.15) is 21.7 Å². The van der Waals surface area contributed by atoms with Crippen LogP contribution in [-0.2, 0) is 6.18 Å². The zero-order valence-electron chi connectivity index (χ0n) is 18.6. The Morgan fingerprint density at radius 1 is 0.865 bits per heavy atom. The van der Waals surface area contributed by atoms with Crippen molar-refractivity contribution < 1.29 is 27.1 Å². The predicted octanol–water partition coefficient (Wildman–Crippen LogP) is 6.63. The minimum Gasteiger partial charge on any atom is -0.505 e. The van der Waals surface area contributed by atoms with Gasteiger partial charge < -0.3 is 9.52 Å². The number of pyridine rings is 1. The SMILES string of the molecule is O=c1oc2cc(-c3ccccc3)n(-c3cccc(F)c3)c(=O)c2c(O)c1Sc1cccc(C(F)(F)F)c1. The predicted molar refractivity (Wildman–Crippen MR) is 131 cm³/mol. The average Bonchev–Trinajstić information content (AvgIpc) is 2.86. The van der Waals surface area contributed by atoms with Gasteiger partial charge in [-0.3, -0.25) is 9.36 Å². The minimum absolute atomic E-state index is 0.00290. The number of aromatic hydroxyl groups is 1. The summed E-state index contributed by atoms with van der Waals surface area (Å²) in [5.41, 5.74) is -2.04. The summed E-state index contributed by atoms with van der Waals surface area (Å²) in [5, 5.41) is 10.6. The summed E-state index contributed by atoms with van der Waals surface area (Å²) >= 11 is 0.535. The van der Waals surface area contributed by atoms with Crippen LogP contribution < -0.4 is 11.2 Å². The molecule has 0 aliphatic rings. The first-order valence-electron chi connectivity index (χ1n) is 10.8. The van der Waals surface area contributed by atoms with E-state index in [4.69, 9.17) is 4.42 Å². The Hall–Kier alpha value is -4.31. The van der Waals surface area contributed by atoms with E-state index < -0.39 is 39.4 Å². The highest BCUT2D eigenvalue weighted by Gasteiger charge is 2.31. The zero-order chi connectivity index (χ0) is 26.3. The lowest BCUT2D eigenvalue weighted by molar-refractivity contribution is -0.137. The molecule has 0 fully saturated rings. The topological polar surface area (TPSA) is 72.4 Å². The van der Waals surface area contributed by atoms with Crippen LogP contribution in [-0.4, -0.2) is 9.67 Å². The van der Waals surface area contributed by atoms with Gasteiger partial charge in [-0.15, -0.1) is 0 Å². The maximum Gasteiger partial charge on any atom is 0.416 e. The van der Waals surface area contributed by atoms with Crippen LogP contribution in [0, 0.1) is 5.82 Å². The van der Waals surface area contributed by atoms with Gasteiger partial charge in [0.15, 0.2) is 5.75 Å². The van der Waals surface area contributed by atoms with E-state index in [1.165, 1.54) is 34.9 Å². The Labute approximate surface area is 210 Å². The number of hydrogen-bond donors (Lipinski definition) is 1. The first-order chi connectivity index (χ1) is 17.6. The van der Waals surface area contributed by atoms with E-state index in [0.717, 1.165) is 24.3 Å². The lowest BCUT2D eigenvalue weighted by Gasteiger charge is -2.16. The summed E-state index contributed by atoms with van der Waals surface area (Å²) in [5.74, 6) is -1.35. The molecular weight excluding hydrogens is 510 g/mol. The number of fused-ring (bicyclic) bond motifs is 1. The fourth-order valence-corrected chi connectivity index (χ4v) is 4.77. The molecule has 5 nitrogen and oxygen atoms in total. The molecule has 0 radical (unpaired) electrons. The second-order valence-electron chi connectivity index (χ2n) is 7.95. The molecule has 0 aliphatic heterocycles. The smallest absolute Gasteiger partial charge is 0.416 e. The fourth-order valence-electron chi connectivity index (χ4n) is 3.88. The number of alkyl halides is 3. The van der Waals surface area contributed by atoms with E-state index in [9.17, 15) is 32.3 Å². The van der Waals surface area contributed by atoms with Crippen LogP contribution in [0.25, 0.3) is 27.9 Å². The van der Waals surface area contributed by atoms with Gasteiger partial charge in [-0.1, -0.05) is 54.2 Å². The van der Waals surface area contributed by atoms with Gasteiger partial charge in [-0.2, -0.15) is 13.2 Å². The van der Waals surface area contributed by atoms with Crippen LogP contribution in [0.1, 0.15) is 5.56 Å². The lowest BCUT2D eigenvalue weighted by atomic mass is 10.1. The first-order valence-corrected chi connectivity index (χ1v) is 11.6. The molecule has 2 aromatic heterocycles. The maximum absolute atomic E-state index is 14.1. The Morgan fingerprint density at radius 3 is 2.30 bits per heavy atom. The maximum atomic E-state index is 14.1. The molecule has 0 aliphatic carbocycles. The van der Waals surface area contributed by atoms with Crippen molar-refractivity contribution in [3.05, 3.63) is 117 Å². The van der Waals surface area contributed by atoms with Crippen molar-refractivity contribution >= 4 is 22.7 Å². The van der Waals surface area contributed by atoms with Crippen LogP contribution in [0.2, 0.25) is 0 Å². The number of aromatic nitrogens is 1. The Kier molecular flexibility index (Phi) is 6.12. The number of nitrogens with zero attached hydrogens (tertiary/aromatic N) is 1.